The maximum Gasteiger partial charge on any atom is 0.260 e. The van der Waals surface area contributed by atoms with Gasteiger partial charge in [-0.2, -0.15) is 0 Å². The van der Waals surface area contributed by atoms with Crippen LogP contribution in [0.2, 0.25) is 0 Å². The average molecular weight is 368 g/mol. The number of ether oxygens (including phenoxy) is 2. The predicted molar refractivity (Wildman–Crippen MR) is 105 cm³/mol. The molecular formula is C22H28N2O3. The quantitative estimate of drug-likeness (QED) is 0.739. The molecule has 0 unspecified atom stereocenters. The highest BCUT2D eigenvalue weighted by Gasteiger charge is 2.18. The summed E-state index contributed by atoms with van der Waals surface area (Å²) in [6, 6.07) is 16.1. The Hall–Kier alpha value is -2.37. The van der Waals surface area contributed by atoms with Crippen molar-refractivity contribution in [3.63, 3.8) is 0 Å². The summed E-state index contributed by atoms with van der Waals surface area (Å²) in [5, 5.41) is 3.47. The molecule has 1 saturated heterocycles. The second-order valence-corrected chi connectivity index (χ2v) is 6.79. The summed E-state index contributed by atoms with van der Waals surface area (Å²) in [7, 11) is 1.71. The van der Waals surface area contributed by atoms with Gasteiger partial charge in [-0.1, -0.05) is 42.5 Å². The van der Waals surface area contributed by atoms with Crippen molar-refractivity contribution in [2.75, 3.05) is 26.8 Å². The minimum atomic E-state index is 0.0729. The molecule has 1 heterocycles. The van der Waals surface area contributed by atoms with Gasteiger partial charge in [-0.15, -0.1) is 0 Å². The van der Waals surface area contributed by atoms with E-state index in [4.69, 9.17) is 9.47 Å². The molecule has 2 aromatic carbocycles. The molecular weight excluding hydrogens is 340 g/mol. The van der Waals surface area contributed by atoms with Gasteiger partial charge >= 0.3 is 0 Å². The van der Waals surface area contributed by atoms with E-state index < -0.39 is 0 Å². The lowest BCUT2D eigenvalue weighted by Gasteiger charge is -2.17. The molecule has 144 valence electrons. The van der Waals surface area contributed by atoms with E-state index in [-0.39, 0.29) is 12.5 Å². The van der Waals surface area contributed by atoms with Crippen molar-refractivity contribution in [1.29, 1.82) is 0 Å². The third kappa shape index (κ3) is 5.55. The maximum atomic E-state index is 12.2. The summed E-state index contributed by atoms with van der Waals surface area (Å²) in [4.78, 5) is 14.1. The highest BCUT2D eigenvalue weighted by atomic mass is 16.5. The number of para-hydroxylation sites is 1. The van der Waals surface area contributed by atoms with Crippen LogP contribution in [0.5, 0.6) is 5.75 Å². The molecule has 0 radical (unpaired) electrons. The summed E-state index contributed by atoms with van der Waals surface area (Å²) in [6.45, 7) is 3.85. The fraction of sp³-hybridized carbons (Fsp3) is 0.409. The number of hydrogen-bond donors (Lipinski definition) is 1. The number of benzene rings is 2. The number of hydrogen-bond acceptors (Lipinski definition) is 4. The van der Waals surface area contributed by atoms with Crippen LogP contribution in [0.3, 0.4) is 0 Å². The Kier molecular flexibility index (Phi) is 7.25. The van der Waals surface area contributed by atoms with Gasteiger partial charge in [-0.25, -0.2) is 0 Å². The van der Waals surface area contributed by atoms with Crippen LogP contribution in [-0.4, -0.2) is 37.6 Å². The van der Waals surface area contributed by atoms with Crippen LogP contribution in [-0.2, 0) is 29.2 Å². The zero-order valence-electron chi connectivity index (χ0n) is 15.9. The zero-order valence-corrected chi connectivity index (χ0v) is 15.9. The highest BCUT2D eigenvalue weighted by molar-refractivity contribution is 5.78. The summed E-state index contributed by atoms with van der Waals surface area (Å²) in [5.74, 6) is 0.839. The normalized spacial score (nSPS) is 13.7. The molecule has 1 aliphatic rings. The van der Waals surface area contributed by atoms with E-state index in [0.29, 0.717) is 13.2 Å². The van der Waals surface area contributed by atoms with Gasteiger partial charge in [0, 0.05) is 38.9 Å². The number of amides is 1. The molecule has 0 aromatic heterocycles. The van der Waals surface area contributed by atoms with Crippen LogP contribution in [0.4, 0.5) is 0 Å². The molecule has 0 bridgehead atoms. The fourth-order valence-corrected chi connectivity index (χ4v) is 3.35. The number of nitrogens with zero attached hydrogens (tertiary/aromatic N) is 1. The van der Waals surface area contributed by atoms with Crippen LogP contribution in [0, 0.1) is 0 Å². The Bertz CT molecular complexity index is 742. The Balaban J connectivity index is 1.54. The Morgan fingerprint density at radius 1 is 0.963 bits per heavy atom. The van der Waals surface area contributed by atoms with Crippen molar-refractivity contribution in [2.45, 2.75) is 32.5 Å². The van der Waals surface area contributed by atoms with Gasteiger partial charge in [-0.3, -0.25) is 4.79 Å². The minimum absolute atomic E-state index is 0.0729. The summed E-state index contributed by atoms with van der Waals surface area (Å²) >= 11 is 0. The number of carbonyl (C=O) groups is 1. The Labute approximate surface area is 161 Å². The van der Waals surface area contributed by atoms with E-state index in [0.717, 1.165) is 43.8 Å². The van der Waals surface area contributed by atoms with Gasteiger partial charge in [-0.05, 0) is 30.0 Å². The molecule has 5 nitrogen and oxygen atoms in total. The van der Waals surface area contributed by atoms with Crippen molar-refractivity contribution in [3.8, 4) is 5.75 Å². The van der Waals surface area contributed by atoms with E-state index >= 15 is 0 Å². The summed E-state index contributed by atoms with van der Waals surface area (Å²) < 4.78 is 11.1. The number of methoxy groups -OCH3 is 1. The second kappa shape index (κ2) is 10.1. The van der Waals surface area contributed by atoms with E-state index in [2.05, 4.69) is 17.4 Å². The Morgan fingerprint density at radius 3 is 2.33 bits per heavy atom. The summed E-state index contributed by atoms with van der Waals surface area (Å²) in [6.07, 6.45) is 2.19. The second-order valence-electron chi connectivity index (χ2n) is 6.79. The predicted octanol–water partition coefficient (Wildman–Crippen LogP) is 3.12. The molecule has 3 rings (SSSR count). The Morgan fingerprint density at radius 2 is 1.59 bits per heavy atom. The molecule has 0 spiro atoms. The lowest BCUT2D eigenvalue weighted by atomic mass is 10.1. The molecule has 1 fully saturated rings. The molecule has 5 heteroatoms. The first-order valence-corrected chi connectivity index (χ1v) is 9.53. The van der Waals surface area contributed by atoms with Crippen LogP contribution in [0.15, 0.2) is 48.5 Å². The largest absolute Gasteiger partial charge is 0.483 e. The molecule has 0 atom stereocenters. The molecule has 2 aromatic rings. The molecule has 0 aliphatic carbocycles. The summed E-state index contributed by atoms with van der Waals surface area (Å²) in [5.41, 5.74) is 3.46. The van der Waals surface area contributed by atoms with Gasteiger partial charge in [0.25, 0.3) is 5.91 Å². The van der Waals surface area contributed by atoms with Gasteiger partial charge in [0.15, 0.2) is 6.61 Å². The van der Waals surface area contributed by atoms with Gasteiger partial charge in [0.05, 0.1) is 6.61 Å². The average Bonchev–Trinajstić information content (AvgIpc) is 3.23. The minimum Gasteiger partial charge on any atom is -0.483 e. The van der Waals surface area contributed by atoms with Crippen molar-refractivity contribution in [2.24, 2.45) is 0 Å². The third-order valence-corrected chi connectivity index (χ3v) is 4.83. The van der Waals surface area contributed by atoms with E-state index in [1.54, 1.807) is 7.11 Å². The first-order valence-electron chi connectivity index (χ1n) is 9.53. The van der Waals surface area contributed by atoms with Crippen LogP contribution >= 0.6 is 0 Å². The van der Waals surface area contributed by atoms with Crippen molar-refractivity contribution in [3.05, 3.63) is 65.2 Å². The standard InChI is InChI=1S/C22H28N2O3/c1-26-16-20-10-3-2-8-18(20)14-23-15-19-9-4-5-11-21(19)27-17-22(25)24-12-6-7-13-24/h2-5,8-11,23H,6-7,12-17H2,1H3. The molecule has 0 saturated carbocycles. The fourth-order valence-electron chi connectivity index (χ4n) is 3.35. The third-order valence-electron chi connectivity index (χ3n) is 4.83. The molecule has 1 amide bonds. The van der Waals surface area contributed by atoms with Crippen molar-refractivity contribution < 1.29 is 14.3 Å². The lowest BCUT2D eigenvalue weighted by Crippen LogP contribution is -2.32. The smallest absolute Gasteiger partial charge is 0.260 e. The number of rotatable bonds is 9. The van der Waals surface area contributed by atoms with E-state index in [1.165, 1.54) is 11.1 Å². The number of likely N-dealkylation sites (tertiary alicyclic amines) is 1. The van der Waals surface area contributed by atoms with Crippen molar-refractivity contribution >= 4 is 5.91 Å². The van der Waals surface area contributed by atoms with Crippen LogP contribution in [0.1, 0.15) is 29.5 Å². The monoisotopic (exact) mass is 368 g/mol. The molecule has 1 aliphatic heterocycles. The molecule has 27 heavy (non-hydrogen) atoms. The van der Waals surface area contributed by atoms with Crippen LogP contribution in [0.25, 0.3) is 0 Å². The molecule has 1 N–H and O–H groups in total. The first-order chi connectivity index (χ1) is 13.3. The maximum absolute atomic E-state index is 12.2. The number of nitrogens with one attached hydrogen (secondary N) is 1. The zero-order chi connectivity index (χ0) is 18.9. The van der Waals surface area contributed by atoms with Gasteiger partial charge in [0.2, 0.25) is 0 Å². The highest BCUT2D eigenvalue weighted by Crippen LogP contribution is 2.19. The van der Waals surface area contributed by atoms with E-state index in [1.807, 2.05) is 41.3 Å². The van der Waals surface area contributed by atoms with Gasteiger partial charge in [0.1, 0.15) is 5.75 Å². The SMILES string of the molecule is COCc1ccccc1CNCc1ccccc1OCC(=O)N1CCCC1. The topological polar surface area (TPSA) is 50.8 Å². The van der Waals surface area contributed by atoms with Crippen LogP contribution < -0.4 is 10.1 Å². The lowest BCUT2D eigenvalue weighted by molar-refractivity contribution is -0.132. The number of carbonyl (C=O) groups excluding carboxylic acids is 1. The van der Waals surface area contributed by atoms with Crippen molar-refractivity contribution in [1.82, 2.24) is 10.2 Å². The van der Waals surface area contributed by atoms with E-state index in [9.17, 15) is 4.79 Å². The van der Waals surface area contributed by atoms with Gasteiger partial charge < -0.3 is 19.7 Å². The first kappa shape index (κ1) is 19.4.